The lowest BCUT2D eigenvalue weighted by molar-refractivity contribution is 0.163. The van der Waals surface area contributed by atoms with E-state index in [-0.39, 0.29) is 11.5 Å². The van der Waals surface area contributed by atoms with Gasteiger partial charge in [-0.1, -0.05) is 96.9 Å². The van der Waals surface area contributed by atoms with E-state index in [1.54, 1.807) is 0 Å². The van der Waals surface area contributed by atoms with Crippen molar-refractivity contribution in [2.24, 2.45) is 0 Å². The second-order valence-electron chi connectivity index (χ2n) is 7.30. The molecule has 120 valence electrons. The zero-order chi connectivity index (χ0) is 15.7. The average molecular weight is 290 g/mol. The topological polar surface area (TPSA) is 20.2 Å². The molecule has 0 radical (unpaired) electrons. The molecule has 21 heavy (non-hydrogen) atoms. The Bertz CT molecular complexity index is 372. The maximum atomic E-state index is 10.3. The van der Waals surface area contributed by atoms with Crippen LogP contribution in [0.1, 0.15) is 96.3 Å². The Hall–Kier alpha value is -0.820. The zero-order valence-electron chi connectivity index (χ0n) is 14.5. The summed E-state index contributed by atoms with van der Waals surface area (Å²) in [5.41, 5.74) is 2.57. The average Bonchev–Trinajstić information content (AvgIpc) is 2.45. The summed E-state index contributed by atoms with van der Waals surface area (Å²) in [7, 11) is 0. The fourth-order valence-corrected chi connectivity index (χ4v) is 2.67. The van der Waals surface area contributed by atoms with Gasteiger partial charge in [-0.2, -0.15) is 0 Å². The van der Waals surface area contributed by atoms with E-state index in [9.17, 15) is 5.11 Å². The first-order valence-electron chi connectivity index (χ1n) is 8.73. The first-order chi connectivity index (χ1) is 9.95. The minimum absolute atomic E-state index is 0.183. The summed E-state index contributed by atoms with van der Waals surface area (Å²) in [6.45, 7) is 8.91. The number of hydrogen-bond acceptors (Lipinski definition) is 1. The van der Waals surface area contributed by atoms with Crippen molar-refractivity contribution in [2.45, 2.75) is 90.6 Å². The van der Waals surface area contributed by atoms with Crippen molar-refractivity contribution in [1.29, 1.82) is 0 Å². The fourth-order valence-electron chi connectivity index (χ4n) is 2.67. The van der Waals surface area contributed by atoms with Crippen LogP contribution in [0, 0.1) is 0 Å². The van der Waals surface area contributed by atoms with Crippen LogP contribution in [0.4, 0.5) is 0 Å². The molecule has 0 saturated carbocycles. The van der Waals surface area contributed by atoms with Crippen molar-refractivity contribution >= 4 is 0 Å². The lowest BCUT2D eigenvalue weighted by atomic mass is 9.86. The zero-order valence-corrected chi connectivity index (χ0v) is 14.5. The molecule has 0 bridgehead atoms. The first kappa shape index (κ1) is 18.2. The van der Waals surface area contributed by atoms with E-state index in [1.165, 1.54) is 44.1 Å². The molecule has 1 aromatic carbocycles. The summed E-state index contributed by atoms with van der Waals surface area (Å²) in [5, 5.41) is 10.3. The van der Waals surface area contributed by atoms with Gasteiger partial charge in [0, 0.05) is 0 Å². The van der Waals surface area contributed by atoms with E-state index in [1.807, 2.05) is 0 Å². The minimum Gasteiger partial charge on any atom is -0.388 e. The fraction of sp³-hybridized carbons (Fsp3) is 0.700. The van der Waals surface area contributed by atoms with Crippen LogP contribution < -0.4 is 0 Å². The van der Waals surface area contributed by atoms with Crippen LogP contribution in [0.25, 0.3) is 0 Å². The highest BCUT2D eigenvalue weighted by atomic mass is 16.3. The number of hydrogen-bond donors (Lipinski definition) is 1. The monoisotopic (exact) mass is 290 g/mol. The van der Waals surface area contributed by atoms with Gasteiger partial charge in [0.25, 0.3) is 0 Å². The molecule has 0 heterocycles. The van der Waals surface area contributed by atoms with Gasteiger partial charge in [-0.3, -0.25) is 0 Å². The maximum Gasteiger partial charge on any atom is 0.0790 e. The van der Waals surface area contributed by atoms with Crippen molar-refractivity contribution in [3.8, 4) is 0 Å². The normalized spacial score (nSPS) is 13.4. The van der Waals surface area contributed by atoms with Gasteiger partial charge in [0.1, 0.15) is 0 Å². The third-order valence-electron chi connectivity index (χ3n) is 4.24. The molecule has 1 unspecified atom stereocenters. The van der Waals surface area contributed by atoms with E-state index in [2.05, 4.69) is 52.0 Å². The molecule has 1 N–H and O–H groups in total. The number of aliphatic hydroxyl groups is 1. The molecule has 0 aliphatic carbocycles. The highest BCUT2D eigenvalue weighted by Crippen LogP contribution is 2.25. The number of rotatable bonds is 9. The van der Waals surface area contributed by atoms with E-state index >= 15 is 0 Å². The number of unbranched alkanes of at least 4 members (excludes halogenated alkanes) is 6. The van der Waals surface area contributed by atoms with Crippen LogP contribution in [-0.2, 0) is 5.41 Å². The van der Waals surface area contributed by atoms with Gasteiger partial charge in [0.05, 0.1) is 6.10 Å². The smallest absolute Gasteiger partial charge is 0.0790 e. The molecule has 0 aromatic heterocycles. The van der Waals surface area contributed by atoms with Crippen molar-refractivity contribution in [2.75, 3.05) is 0 Å². The molecule has 0 amide bonds. The lowest BCUT2D eigenvalue weighted by Gasteiger charge is -2.20. The third kappa shape index (κ3) is 7.13. The van der Waals surface area contributed by atoms with Gasteiger partial charge < -0.3 is 5.11 Å². The van der Waals surface area contributed by atoms with Crippen LogP contribution in [0.5, 0.6) is 0 Å². The standard InChI is InChI=1S/C20H34O/c1-5-6-7-8-9-10-11-12-19(21)17-13-15-18(16-14-17)20(2,3)4/h13-16,19,21H,5-12H2,1-4H3. The Morgan fingerprint density at radius 1 is 0.857 bits per heavy atom. The lowest BCUT2D eigenvalue weighted by Crippen LogP contribution is -2.11. The number of benzene rings is 1. The summed E-state index contributed by atoms with van der Waals surface area (Å²) >= 11 is 0. The molecular formula is C20H34O. The van der Waals surface area contributed by atoms with E-state index < -0.39 is 0 Å². The predicted octanol–water partition coefficient (Wildman–Crippen LogP) is 6.16. The van der Waals surface area contributed by atoms with Crippen LogP contribution in [0.2, 0.25) is 0 Å². The van der Waals surface area contributed by atoms with Crippen LogP contribution in [-0.4, -0.2) is 5.11 Å². The Labute approximate surface area is 131 Å². The second-order valence-corrected chi connectivity index (χ2v) is 7.30. The molecule has 0 aliphatic heterocycles. The summed E-state index contributed by atoms with van der Waals surface area (Å²) in [6.07, 6.45) is 9.69. The van der Waals surface area contributed by atoms with Gasteiger partial charge in [-0.25, -0.2) is 0 Å². The Balaban J connectivity index is 2.27. The second kappa shape index (κ2) is 9.25. The predicted molar refractivity (Wildman–Crippen MR) is 92.7 cm³/mol. The molecule has 0 fully saturated rings. The molecule has 1 nitrogen and oxygen atoms in total. The van der Waals surface area contributed by atoms with Crippen molar-refractivity contribution < 1.29 is 5.11 Å². The SMILES string of the molecule is CCCCCCCCCC(O)c1ccc(C(C)(C)C)cc1. The van der Waals surface area contributed by atoms with Crippen LogP contribution in [0.3, 0.4) is 0 Å². The highest BCUT2D eigenvalue weighted by Gasteiger charge is 2.14. The van der Waals surface area contributed by atoms with Crippen molar-refractivity contribution in [1.82, 2.24) is 0 Å². The molecule has 0 aliphatic rings. The van der Waals surface area contributed by atoms with Gasteiger partial charge in [0.2, 0.25) is 0 Å². The Morgan fingerprint density at radius 2 is 1.38 bits per heavy atom. The molecule has 0 saturated heterocycles. The quantitative estimate of drug-likeness (QED) is 0.540. The summed E-state index contributed by atoms with van der Waals surface area (Å²) in [4.78, 5) is 0. The number of aliphatic hydroxyl groups excluding tert-OH is 1. The minimum atomic E-state index is -0.297. The van der Waals surface area contributed by atoms with E-state index in [0.717, 1.165) is 18.4 Å². The molecular weight excluding hydrogens is 256 g/mol. The molecule has 0 spiro atoms. The van der Waals surface area contributed by atoms with Gasteiger partial charge in [-0.05, 0) is 23.0 Å². The molecule has 1 rings (SSSR count). The summed E-state index contributed by atoms with van der Waals surface area (Å²) < 4.78 is 0. The largest absolute Gasteiger partial charge is 0.388 e. The Kier molecular flexibility index (Phi) is 8.03. The first-order valence-corrected chi connectivity index (χ1v) is 8.73. The Morgan fingerprint density at radius 3 is 1.90 bits per heavy atom. The highest BCUT2D eigenvalue weighted by molar-refractivity contribution is 5.28. The van der Waals surface area contributed by atoms with E-state index in [0.29, 0.717) is 0 Å². The molecule has 1 atom stereocenters. The third-order valence-corrected chi connectivity index (χ3v) is 4.24. The van der Waals surface area contributed by atoms with Crippen molar-refractivity contribution in [3.63, 3.8) is 0 Å². The van der Waals surface area contributed by atoms with Crippen molar-refractivity contribution in [3.05, 3.63) is 35.4 Å². The van der Waals surface area contributed by atoms with Crippen LogP contribution >= 0.6 is 0 Å². The van der Waals surface area contributed by atoms with Gasteiger partial charge in [-0.15, -0.1) is 0 Å². The maximum absolute atomic E-state index is 10.3. The molecule has 1 aromatic rings. The van der Waals surface area contributed by atoms with Gasteiger partial charge in [0.15, 0.2) is 0 Å². The van der Waals surface area contributed by atoms with E-state index in [4.69, 9.17) is 0 Å². The van der Waals surface area contributed by atoms with Gasteiger partial charge >= 0.3 is 0 Å². The summed E-state index contributed by atoms with van der Waals surface area (Å²) in [6, 6.07) is 8.49. The van der Waals surface area contributed by atoms with Crippen LogP contribution in [0.15, 0.2) is 24.3 Å². The summed E-state index contributed by atoms with van der Waals surface area (Å²) in [5.74, 6) is 0. The molecule has 1 heteroatoms.